The number of hydroxylamine groups is 1. The van der Waals surface area contributed by atoms with E-state index < -0.39 is 3.92 Å². The Morgan fingerprint density at radius 2 is 1.50 bits per heavy atom. The number of hydrogen-bond acceptors (Lipinski definition) is 2. The largest absolute Gasteiger partial charge is 0.785 e. The van der Waals surface area contributed by atoms with Crippen LogP contribution in [-0.4, -0.2) is 3.92 Å². The Balaban J connectivity index is 3.17. The van der Waals surface area contributed by atoms with E-state index in [1.165, 1.54) is 0 Å². The summed E-state index contributed by atoms with van der Waals surface area (Å²) in [5.41, 5.74) is 1.15. The molecule has 0 atom stereocenters. The predicted octanol–water partition coefficient (Wildman–Crippen LogP) is 1.40. The Morgan fingerprint density at radius 3 is 1.50 bits per heavy atom. The highest BCUT2D eigenvalue weighted by Gasteiger charge is 2.10. The fraction of sp³-hybridized carbons (Fsp3) is 1.00. The van der Waals surface area contributed by atoms with Crippen LogP contribution in [0.15, 0.2) is 0 Å². The minimum Gasteiger partial charge on any atom is -0.785 e. The third-order valence-electron chi connectivity index (χ3n) is 0.116. The van der Waals surface area contributed by atoms with Gasteiger partial charge in [0, 0.05) is 0 Å². The molecule has 0 rings (SSSR count). The Hall–Kier alpha value is 0.790. The van der Waals surface area contributed by atoms with Gasteiger partial charge in [-0.3, -0.25) is 0 Å². The van der Waals surface area contributed by atoms with Crippen molar-refractivity contribution in [2.75, 3.05) is 0 Å². The highest BCUT2D eigenvalue weighted by atomic mass is 35.6. The molecule has 0 heterocycles. The summed E-state index contributed by atoms with van der Waals surface area (Å²) >= 11 is 14.5. The number of alkyl halides is 3. The van der Waals surface area contributed by atoms with Crippen molar-refractivity contribution in [2.45, 2.75) is 3.92 Å². The molecule has 0 aliphatic carbocycles. The van der Waals surface area contributed by atoms with Crippen LogP contribution in [0.25, 0.3) is 0 Å². The molecule has 0 aliphatic rings. The molecule has 0 aliphatic heterocycles. The first kappa shape index (κ1) is 6.79. The molecule has 6 heavy (non-hydrogen) atoms. The van der Waals surface area contributed by atoms with Gasteiger partial charge in [0.1, 0.15) is 0 Å². The molecule has 0 saturated carbocycles. The Kier molecular flexibility index (Phi) is 2.48. The van der Waals surface area contributed by atoms with Crippen molar-refractivity contribution in [2.24, 2.45) is 0 Å². The lowest BCUT2D eigenvalue weighted by atomic mass is 11.5. The van der Waals surface area contributed by atoms with Gasteiger partial charge in [0.2, 0.25) is 3.92 Å². The molecule has 0 unspecified atom stereocenters. The zero-order valence-corrected chi connectivity index (χ0v) is 4.81. The van der Waals surface area contributed by atoms with Gasteiger partial charge in [-0.15, -0.1) is 0 Å². The average molecular weight is 149 g/mol. The molecule has 5 heteroatoms. The number of halogens is 3. The van der Waals surface area contributed by atoms with Crippen LogP contribution < -0.4 is 5.48 Å². The van der Waals surface area contributed by atoms with E-state index in [-0.39, 0.29) is 0 Å². The summed E-state index contributed by atoms with van der Waals surface area (Å²) in [6.45, 7) is 0. The first-order valence-corrected chi connectivity index (χ1v) is 2.15. The molecule has 0 amide bonds. The summed E-state index contributed by atoms with van der Waals surface area (Å²) in [6, 6.07) is 0. The third kappa shape index (κ3) is 4.79. The second-order valence-electron chi connectivity index (χ2n) is 0.600. The molecular formula is CHCl3NO-. The molecule has 0 aromatic carbocycles. The van der Waals surface area contributed by atoms with Gasteiger partial charge >= 0.3 is 0 Å². The fourth-order valence-corrected chi connectivity index (χ4v) is 0. The standard InChI is InChI=1S/CHCl3NO/c2-1(3,4)5-6/h5H/q-1. The summed E-state index contributed by atoms with van der Waals surface area (Å²) in [5.74, 6) is 0. The summed E-state index contributed by atoms with van der Waals surface area (Å²) in [4.78, 5) is 0. The van der Waals surface area contributed by atoms with Crippen LogP contribution in [0.2, 0.25) is 0 Å². The summed E-state index contributed by atoms with van der Waals surface area (Å²) < 4.78 is -1.85. The van der Waals surface area contributed by atoms with Crippen LogP contribution in [0, 0.1) is 5.21 Å². The highest BCUT2D eigenvalue weighted by Crippen LogP contribution is 2.20. The fourth-order valence-electron chi connectivity index (χ4n) is 0. The maximum atomic E-state index is 9.31. The van der Waals surface area contributed by atoms with E-state index in [1.807, 2.05) is 0 Å². The van der Waals surface area contributed by atoms with Gasteiger partial charge in [0.25, 0.3) is 0 Å². The van der Waals surface area contributed by atoms with Crippen molar-refractivity contribution >= 4 is 34.8 Å². The van der Waals surface area contributed by atoms with Crippen molar-refractivity contribution in [1.82, 2.24) is 5.48 Å². The normalized spacial score (nSPS) is 12.0. The molecule has 1 N–H and O–H groups in total. The third-order valence-corrected chi connectivity index (χ3v) is 0.347. The van der Waals surface area contributed by atoms with Crippen molar-refractivity contribution < 1.29 is 0 Å². The molecule has 0 saturated heterocycles. The molecule has 2 nitrogen and oxygen atoms in total. The van der Waals surface area contributed by atoms with Crippen molar-refractivity contribution in [3.8, 4) is 0 Å². The van der Waals surface area contributed by atoms with Crippen LogP contribution in [0.3, 0.4) is 0 Å². The van der Waals surface area contributed by atoms with Gasteiger partial charge in [-0.25, -0.2) is 0 Å². The van der Waals surface area contributed by atoms with Crippen LogP contribution in [-0.2, 0) is 0 Å². The van der Waals surface area contributed by atoms with Gasteiger partial charge in [-0.2, -0.15) is 0 Å². The highest BCUT2D eigenvalue weighted by molar-refractivity contribution is 6.67. The average Bonchev–Trinajstić information content (AvgIpc) is 1.35. The van der Waals surface area contributed by atoms with Crippen LogP contribution in [0.5, 0.6) is 0 Å². The van der Waals surface area contributed by atoms with Crippen molar-refractivity contribution in [3.63, 3.8) is 0 Å². The smallest absolute Gasteiger partial charge is 0.233 e. The Labute approximate surface area is 49.9 Å². The van der Waals surface area contributed by atoms with E-state index in [1.54, 1.807) is 0 Å². The maximum absolute atomic E-state index is 9.31. The minimum absolute atomic E-state index is 1.15. The van der Waals surface area contributed by atoms with Crippen LogP contribution >= 0.6 is 34.8 Å². The number of hydrogen-bond donors (Lipinski definition) is 1. The molecule has 0 fully saturated rings. The molecule has 0 aromatic rings. The number of rotatable bonds is 0. The molecule has 0 radical (unpaired) electrons. The molecule has 38 valence electrons. The zero-order chi connectivity index (χ0) is 5.21. The van der Waals surface area contributed by atoms with E-state index in [2.05, 4.69) is 0 Å². The quantitative estimate of drug-likeness (QED) is 0.321. The first-order valence-electron chi connectivity index (χ1n) is 1.02. The SMILES string of the molecule is [O-]NC(Cl)(Cl)Cl. The first-order chi connectivity index (χ1) is 2.56. The topological polar surface area (TPSA) is 35.1 Å². The number of nitrogens with one attached hydrogen (secondary N) is 1. The van der Waals surface area contributed by atoms with Crippen molar-refractivity contribution in [1.29, 1.82) is 0 Å². The van der Waals surface area contributed by atoms with Gasteiger partial charge in [-0.1, -0.05) is 34.8 Å². The minimum atomic E-state index is -1.85. The second kappa shape index (κ2) is 2.19. The lowest BCUT2D eigenvalue weighted by Crippen LogP contribution is -2.20. The van der Waals surface area contributed by atoms with E-state index in [4.69, 9.17) is 34.8 Å². The van der Waals surface area contributed by atoms with E-state index in [0.717, 1.165) is 5.48 Å². The monoisotopic (exact) mass is 148 g/mol. The Morgan fingerprint density at radius 1 is 1.33 bits per heavy atom. The van der Waals surface area contributed by atoms with Crippen LogP contribution in [0.1, 0.15) is 0 Å². The van der Waals surface area contributed by atoms with Gasteiger partial charge in [0.15, 0.2) is 0 Å². The summed E-state index contributed by atoms with van der Waals surface area (Å²) in [6.07, 6.45) is 0. The molecule has 0 aromatic heterocycles. The van der Waals surface area contributed by atoms with Crippen LogP contribution in [0.4, 0.5) is 0 Å². The van der Waals surface area contributed by atoms with Gasteiger partial charge in [0.05, 0.1) is 0 Å². The van der Waals surface area contributed by atoms with Gasteiger partial charge < -0.3 is 10.7 Å². The van der Waals surface area contributed by atoms with Crippen molar-refractivity contribution in [3.05, 3.63) is 5.21 Å². The molecular weight excluding hydrogens is 148 g/mol. The summed E-state index contributed by atoms with van der Waals surface area (Å²) in [7, 11) is 0. The zero-order valence-electron chi connectivity index (χ0n) is 2.54. The van der Waals surface area contributed by atoms with E-state index >= 15 is 0 Å². The Bertz CT molecular complexity index is 40.5. The van der Waals surface area contributed by atoms with E-state index in [9.17, 15) is 5.21 Å². The molecule has 0 bridgehead atoms. The maximum Gasteiger partial charge on any atom is 0.233 e. The van der Waals surface area contributed by atoms with E-state index in [0.29, 0.717) is 0 Å². The lowest BCUT2D eigenvalue weighted by Gasteiger charge is -2.15. The lowest BCUT2D eigenvalue weighted by molar-refractivity contribution is 0.927. The predicted molar refractivity (Wildman–Crippen MR) is 26.8 cm³/mol. The second-order valence-corrected chi connectivity index (χ2v) is 2.88. The summed E-state index contributed by atoms with van der Waals surface area (Å²) in [5, 5.41) is 9.31. The molecule has 0 spiro atoms. The van der Waals surface area contributed by atoms with Gasteiger partial charge in [-0.05, 0) is 0 Å².